The average molecular weight is 248 g/mol. The molecule has 0 aliphatic heterocycles. The number of halogens is 3. The maximum absolute atomic E-state index is 12.1. The molecule has 5 heteroatoms. The molecule has 16 heavy (non-hydrogen) atoms. The third kappa shape index (κ3) is 5.23. The molecule has 1 aromatic rings. The normalized spacial score (nSPS) is 12.2. The molecule has 0 unspecified atom stereocenters. The predicted octanol–water partition coefficient (Wildman–Crippen LogP) is 3.69. The summed E-state index contributed by atoms with van der Waals surface area (Å²) in [4.78, 5) is 0.165. The van der Waals surface area contributed by atoms with Crippen LogP contribution in [0.25, 0.3) is 6.08 Å². The van der Waals surface area contributed by atoms with Crippen LogP contribution in [0.5, 0.6) is 0 Å². The summed E-state index contributed by atoms with van der Waals surface area (Å²) in [5.74, 6) is 0. The zero-order valence-electron chi connectivity index (χ0n) is 8.37. The van der Waals surface area contributed by atoms with Crippen LogP contribution in [0.4, 0.5) is 13.2 Å². The summed E-state index contributed by atoms with van der Waals surface area (Å²) in [6.07, 6.45) is 3.91. The highest BCUT2D eigenvalue weighted by Gasteiger charge is 2.28. The number of rotatable bonds is 4. The Morgan fingerprint density at radius 2 is 2.06 bits per heavy atom. The highest BCUT2D eigenvalue weighted by atomic mass is 32.2. The zero-order valence-corrected chi connectivity index (χ0v) is 9.18. The highest BCUT2D eigenvalue weighted by molar-refractivity contribution is 8.00. The van der Waals surface area contributed by atoms with E-state index >= 15 is 0 Å². The molecule has 0 spiro atoms. The molecule has 1 nitrogen and oxygen atoms in total. The Morgan fingerprint density at radius 1 is 1.31 bits per heavy atom. The lowest BCUT2D eigenvalue weighted by Gasteiger charge is -2.05. The van der Waals surface area contributed by atoms with Gasteiger partial charge in [-0.05, 0) is 35.9 Å². The van der Waals surface area contributed by atoms with Crippen LogP contribution in [0.2, 0.25) is 0 Å². The number of aliphatic hydroxyl groups is 1. The number of alkyl halides is 3. The molecular formula is C11H11F3OS. The summed E-state index contributed by atoms with van der Waals surface area (Å²) in [7, 11) is 0. The van der Waals surface area contributed by atoms with Gasteiger partial charge in [0.2, 0.25) is 0 Å². The molecule has 1 N–H and O–H groups in total. The van der Waals surface area contributed by atoms with Gasteiger partial charge in [-0.2, -0.15) is 13.2 Å². The van der Waals surface area contributed by atoms with Gasteiger partial charge in [-0.25, -0.2) is 0 Å². The number of aliphatic hydroxyl groups excluding tert-OH is 1. The van der Waals surface area contributed by atoms with Gasteiger partial charge >= 0.3 is 5.51 Å². The molecule has 0 aliphatic carbocycles. The van der Waals surface area contributed by atoms with Gasteiger partial charge < -0.3 is 5.11 Å². The van der Waals surface area contributed by atoms with E-state index in [2.05, 4.69) is 0 Å². The van der Waals surface area contributed by atoms with Crippen molar-refractivity contribution in [2.75, 3.05) is 6.61 Å². The summed E-state index contributed by atoms with van der Waals surface area (Å²) in [6.45, 7) is 0.0352. The van der Waals surface area contributed by atoms with E-state index in [9.17, 15) is 13.2 Å². The molecule has 88 valence electrons. The van der Waals surface area contributed by atoms with Gasteiger partial charge in [0.05, 0.1) is 0 Å². The lowest BCUT2D eigenvalue weighted by molar-refractivity contribution is -0.0328. The lowest BCUT2D eigenvalue weighted by Crippen LogP contribution is -1.98. The van der Waals surface area contributed by atoms with Crippen LogP contribution in [-0.4, -0.2) is 17.2 Å². The fraction of sp³-hybridized carbons (Fsp3) is 0.273. The topological polar surface area (TPSA) is 20.2 Å². The quantitative estimate of drug-likeness (QED) is 0.820. The van der Waals surface area contributed by atoms with Crippen molar-refractivity contribution in [3.05, 3.63) is 35.9 Å². The van der Waals surface area contributed by atoms with Gasteiger partial charge in [0.1, 0.15) is 0 Å². The summed E-state index contributed by atoms with van der Waals surface area (Å²) in [6, 6.07) is 6.18. The second-order valence-electron chi connectivity index (χ2n) is 3.03. The molecule has 0 amide bonds. The Bertz CT molecular complexity index is 360. The van der Waals surface area contributed by atoms with Crippen molar-refractivity contribution >= 4 is 17.8 Å². The summed E-state index contributed by atoms with van der Waals surface area (Å²) < 4.78 is 36.3. The molecule has 0 aliphatic rings. The van der Waals surface area contributed by atoms with E-state index in [0.717, 1.165) is 0 Å². The Morgan fingerprint density at radius 3 is 2.69 bits per heavy atom. The molecule has 1 rings (SSSR count). The van der Waals surface area contributed by atoms with Crippen molar-refractivity contribution < 1.29 is 18.3 Å². The second-order valence-corrected chi connectivity index (χ2v) is 4.17. The molecule has 0 radical (unpaired) electrons. The minimum Gasteiger partial charge on any atom is -0.396 e. The molecular weight excluding hydrogens is 237 g/mol. The van der Waals surface area contributed by atoms with Crippen LogP contribution in [0.1, 0.15) is 12.0 Å². The molecule has 1 aromatic carbocycles. The first-order chi connectivity index (χ1) is 7.51. The third-order valence-corrected chi connectivity index (χ3v) is 2.42. The van der Waals surface area contributed by atoms with Gasteiger partial charge in [-0.15, -0.1) is 0 Å². The zero-order chi connectivity index (χ0) is 12.0. The van der Waals surface area contributed by atoms with Crippen molar-refractivity contribution in [2.24, 2.45) is 0 Å². The molecule has 0 bridgehead atoms. The van der Waals surface area contributed by atoms with Crippen molar-refractivity contribution in [1.82, 2.24) is 0 Å². The van der Waals surface area contributed by atoms with E-state index in [1.165, 1.54) is 12.1 Å². The van der Waals surface area contributed by atoms with Gasteiger partial charge in [0.25, 0.3) is 0 Å². The summed E-state index contributed by atoms with van der Waals surface area (Å²) in [5, 5.41) is 8.55. The van der Waals surface area contributed by atoms with E-state index in [1.807, 2.05) is 0 Å². The second kappa shape index (κ2) is 5.96. The van der Waals surface area contributed by atoms with E-state index in [-0.39, 0.29) is 23.3 Å². The Labute approximate surface area is 96.0 Å². The number of benzene rings is 1. The fourth-order valence-corrected chi connectivity index (χ4v) is 1.72. The molecule has 0 saturated carbocycles. The summed E-state index contributed by atoms with van der Waals surface area (Å²) in [5.41, 5.74) is -3.56. The molecule has 0 aromatic heterocycles. The average Bonchev–Trinajstić information content (AvgIpc) is 2.16. The minimum atomic E-state index is -4.26. The first kappa shape index (κ1) is 13.1. The van der Waals surface area contributed by atoms with Crippen molar-refractivity contribution in [3.8, 4) is 0 Å². The van der Waals surface area contributed by atoms with Gasteiger partial charge in [-0.1, -0.05) is 24.3 Å². The molecule has 0 saturated heterocycles. The van der Waals surface area contributed by atoms with E-state index in [1.54, 1.807) is 24.3 Å². The van der Waals surface area contributed by atoms with Gasteiger partial charge in [0.15, 0.2) is 0 Å². The first-order valence-electron chi connectivity index (χ1n) is 4.64. The number of thioether (sulfide) groups is 1. The van der Waals surface area contributed by atoms with Gasteiger partial charge in [0, 0.05) is 11.5 Å². The minimum absolute atomic E-state index is 0.0352. The monoisotopic (exact) mass is 248 g/mol. The van der Waals surface area contributed by atoms with E-state index < -0.39 is 5.51 Å². The maximum Gasteiger partial charge on any atom is 0.446 e. The Balaban J connectivity index is 2.71. The Kier molecular flexibility index (Phi) is 4.89. The van der Waals surface area contributed by atoms with Crippen LogP contribution in [0.15, 0.2) is 35.2 Å². The molecule has 0 fully saturated rings. The number of hydrogen-bond acceptors (Lipinski definition) is 2. The molecule has 0 atom stereocenters. The van der Waals surface area contributed by atoms with E-state index in [4.69, 9.17) is 5.11 Å². The van der Waals surface area contributed by atoms with Crippen molar-refractivity contribution in [1.29, 1.82) is 0 Å². The van der Waals surface area contributed by atoms with Crippen LogP contribution in [-0.2, 0) is 0 Å². The van der Waals surface area contributed by atoms with Crippen LogP contribution < -0.4 is 0 Å². The van der Waals surface area contributed by atoms with Crippen molar-refractivity contribution in [2.45, 2.75) is 16.8 Å². The van der Waals surface area contributed by atoms with Crippen LogP contribution in [0, 0.1) is 0 Å². The first-order valence-corrected chi connectivity index (χ1v) is 5.46. The number of hydrogen-bond donors (Lipinski definition) is 1. The van der Waals surface area contributed by atoms with Crippen LogP contribution in [0.3, 0.4) is 0 Å². The molecule has 0 heterocycles. The lowest BCUT2D eigenvalue weighted by atomic mass is 10.2. The standard InChI is InChI=1S/C11H11F3OS/c12-11(13,14)16-10-6-3-5-9(8-10)4-1-2-7-15/h1,3-6,8,15H,2,7H2. The van der Waals surface area contributed by atoms with E-state index in [0.29, 0.717) is 12.0 Å². The van der Waals surface area contributed by atoms with Gasteiger partial charge in [-0.3, -0.25) is 0 Å². The summed E-state index contributed by atoms with van der Waals surface area (Å²) >= 11 is -0.129. The largest absolute Gasteiger partial charge is 0.446 e. The smallest absolute Gasteiger partial charge is 0.396 e. The third-order valence-electron chi connectivity index (χ3n) is 1.70. The predicted molar refractivity (Wildman–Crippen MR) is 59.1 cm³/mol. The van der Waals surface area contributed by atoms with Crippen LogP contribution >= 0.6 is 11.8 Å². The fourth-order valence-electron chi connectivity index (χ4n) is 1.11. The SMILES string of the molecule is OCCC=Cc1cccc(SC(F)(F)F)c1. The maximum atomic E-state index is 12.1. The van der Waals surface area contributed by atoms with Crippen molar-refractivity contribution in [3.63, 3.8) is 0 Å². The highest BCUT2D eigenvalue weighted by Crippen LogP contribution is 2.36. The Hall–Kier alpha value is -0.940.